The zero-order valence-electron chi connectivity index (χ0n) is 24.5. The van der Waals surface area contributed by atoms with Gasteiger partial charge < -0.3 is 19.6 Å². The van der Waals surface area contributed by atoms with Gasteiger partial charge in [0, 0.05) is 34.5 Å². The van der Waals surface area contributed by atoms with Crippen LogP contribution in [-0.2, 0) is 27.2 Å². The lowest BCUT2D eigenvalue weighted by molar-refractivity contribution is -0.145. The summed E-state index contributed by atoms with van der Waals surface area (Å²) in [5.74, 6) is -0.0543. The molecule has 0 aliphatic carbocycles. The molecule has 2 aromatic rings. The minimum Gasteiger partial charge on any atom is -0.480 e. The number of nitrogens with zero attached hydrogens (tertiary/aromatic N) is 2. The highest BCUT2D eigenvalue weighted by molar-refractivity contribution is 6.31. The fourth-order valence-electron chi connectivity index (χ4n) is 5.68. The molecule has 0 fully saturated rings. The number of rotatable bonds is 9. The molecule has 40 heavy (non-hydrogen) atoms. The fourth-order valence-corrected chi connectivity index (χ4v) is 6.07. The first-order valence-electron chi connectivity index (χ1n) is 14.5. The molecule has 2 aromatic carbocycles. The van der Waals surface area contributed by atoms with Crippen LogP contribution in [0.5, 0.6) is 0 Å². The average molecular weight is 592 g/mol. The molecule has 0 aromatic heterocycles. The van der Waals surface area contributed by atoms with Crippen molar-refractivity contribution in [3.05, 3.63) is 57.6 Å². The highest BCUT2D eigenvalue weighted by Crippen LogP contribution is 2.34. The number of anilines is 2. The number of carbonyl (C=O) groups is 2. The number of carboxylic acid groups (broad SMARTS) is 1. The van der Waals surface area contributed by atoms with Gasteiger partial charge in [-0.1, -0.05) is 50.9 Å². The SMILES string of the molecule is CC(C)C[C@H](C(=O)O)N1CCCc2cc(Cl)ccc21.CCOC(=O)[C@@H](CC(C)C)N1CCCc2cc(Cl)ccc21. The van der Waals surface area contributed by atoms with E-state index in [0.29, 0.717) is 24.9 Å². The van der Waals surface area contributed by atoms with E-state index < -0.39 is 12.0 Å². The number of carboxylic acids is 1. The van der Waals surface area contributed by atoms with Crippen LogP contribution in [0.1, 0.15) is 71.4 Å². The molecular formula is C32H44Cl2N2O4. The van der Waals surface area contributed by atoms with Crippen LogP contribution in [0.3, 0.4) is 0 Å². The summed E-state index contributed by atoms with van der Waals surface area (Å²) in [7, 11) is 0. The standard InChI is InChI=1S/C17H24ClNO2.C15H20ClNO2/c1-4-21-17(20)16(10-12(2)3)19-9-5-6-13-11-14(18)7-8-15(13)19;1-10(2)8-14(15(18)19)17-7-3-4-11-9-12(16)5-6-13(11)17/h7-8,11-12,16H,4-6,9-10H2,1-3H3;5-6,9-10,14H,3-4,7-8H2,1-2H3,(H,18,19)/t16-;14-/m11/s1. The van der Waals surface area contributed by atoms with Crippen molar-refractivity contribution in [3.63, 3.8) is 0 Å². The minimum absolute atomic E-state index is 0.117. The molecule has 0 amide bonds. The molecule has 2 heterocycles. The molecule has 0 bridgehead atoms. The molecule has 2 atom stereocenters. The van der Waals surface area contributed by atoms with E-state index in [9.17, 15) is 14.7 Å². The summed E-state index contributed by atoms with van der Waals surface area (Å²) in [5, 5.41) is 11.0. The molecule has 4 rings (SSSR count). The Labute approximate surface area is 249 Å². The third kappa shape index (κ3) is 8.53. The van der Waals surface area contributed by atoms with E-state index in [2.05, 4.69) is 32.6 Å². The summed E-state index contributed by atoms with van der Waals surface area (Å²) in [6.45, 7) is 12.4. The van der Waals surface area contributed by atoms with Crippen molar-refractivity contribution in [3.8, 4) is 0 Å². The van der Waals surface area contributed by atoms with Crippen LogP contribution in [0.4, 0.5) is 11.4 Å². The normalized spacial score (nSPS) is 16.0. The first-order chi connectivity index (χ1) is 19.0. The quantitative estimate of drug-likeness (QED) is 0.302. The van der Waals surface area contributed by atoms with E-state index in [1.54, 1.807) is 0 Å². The molecule has 8 heteroatoms. The lowest BCUT2D eigenvalue weighted by Crippen LogP contribution is -2.45. The van der Waals surface area contributed by atoms with E-state index in [1.165, 1.54) is 5.56 Å². The van der Waals surface area contributed by atoms with E-state index >= 15 is 0 Å². The lowest BCUT2D eigenvalue weighted by Gasteiger charge is -2.37. The number of benzene rings is 2. The molecule has 1 N–H and O–H groups in total. The zero-order chi connectivity index (χ0) is 29.4. The van der Waals surface area contributed by atoms with Gasteiger partial charge in [-0.2, -0.15) is 0 Å². The largest absolute Gasteiger partial charge is 0.480 e. The van der Waals surface area contributed by atoms with Crippen LogP contribution >= 0.6 is 23.2 Å². The number of ether oxygens (including phenoxy) is 1. The highest BCUT2D eigenvalue weighted by atomic mass is 35.5. The molecule has 2 aliphatic rings. The monoisotopic (exact) mass is 590 g/mol. The van der Waals surface area contributed by atoms with Crippen LogP contribution in [0.15, 0.2) is 36.4 Å². The van der Waals surface area contributed by atoms with Gasteiger partial charge in [-0.15, -0.1) is 0 Å². The highest BCUT2D eigenvalue weighted by Gasteiger charge is 2.32. The first-order valence-corrected chi connectivity index (χ1v) is 15.3. The Bertz CT molecular complexity index is 1150. The average Bonchev–Trinajstić information content (AvgIpc) is 2.89. The Morgan fingerprint density at radius 3 is 1.70 bits per heavy atom. The Kier molecular flexibility index (Phi) is 12.0. The van der Waals surface area contributed by atoms with Gasteiger partial charge in [0.2, 0.25) is 0 Å². The Balaban J connectivity index is 0.000000222. The minimum atomic E-state index is -0.739. The number of hydrogen-bond acceptors (Lipinski definition) is 5. The molecule has 2 aliphatic heterocycles. The number of aliphatic carboxylic acids is 1. The fraction of sp³-hybridized carbons (Fsp3) is 0.562. The predicted molar refractivity (Wildman–Crippen MR) is 165 cm³/mol. The number of esters is 1. The Morgan fingerprint density at radius 1 is 0.825 bits per heavy atom. The van der Waals surface area contributed by atoms with Crippen molar-refractivity contribution < 1.29 is 19.4 Å². The van der Waals surface area contributed by atoms with Crippen molar-refractivity contribution in [1.29, 1.82) is 0 Å². The summed E-state index contributed by atoms with van der Waals surface area (Å²) in [6, 6.07) is 11.0. The van der Waals surface area contributed by atoms with Crippen LogP contribution in [0, 0.1) is 11.8 Å². The van der Waals surface area contributed by atoms with Gasteiger partial charge >= 0.3 is 11.9 Å². The number of carbonyl (C=O) groups excluding carboxylic acids is 1. The smallest absolute Gasteiger partial charge is 0.328 e. The van der Waals surface area contributed by atoms with Gasteiger partial charge in [0.05, 0.1) is 6.61 Å². The first kappa shape index (κ1) is 32.1. The van der Waals surface area contributed by atoms with Gasteiger partial charge in [0.1, 0.15) is 12.1 Å². The molecule has 220 valence electrons. The van der Waals surface area contributed by atoms with Gasteiger partial charge in [-0.05, 0) is 105 Å². The number of hydrogen-bond donors (Lipinski definition) is 1. The summed E-state index contributed by atoms with van der Waals surface area (Å²) in [4.78, 5) is 28.1. The Hall–Kier alpha value is -2.44. The summed E-state index contributed by atoms with van der Waals surface area (Å²) >= 11 is 12.1. The number of fused-ring (bicyclic) bond motifs is 2. The van der Waals surface area contributed by atoms with Crippen molar-refractivity contribution in [1.82, 2.24) is 0 Å². The second-order valence-corrected chi connectivity index (χ2v) is 12.4. The number of aryl methyl sites for hydroxylation is 2. The van der Waals surface area contributed by atoms with E-state index in [4.69, 9.17) is 27.9 Å². The third-order valence-corrected chi connectivity index (χ3v) is 7.85. The molecule has 0 radical (unpaired) electrons. The molecular weight excluding hydrogens is 547 g/mol. The second-order valence-electron chi connectivity index (χ2n) is 11.5. The molecule has 0 unspecified atom stereocenters. The summed E-state index contributed by atoms with van der Waals surface area (Å²) < 4.78 is 5.29. The summed E-state index contributed by atoms with van der Waals surface area (Å²) in [5.41, 5.74) is 4.55. The molecule has 6 nitrogen and oxygen atoms in total. The van der Waals surface area contributed by atoms with Gasteiger partial charge in [-0.25, -0.2) is 9.59 Å². The van der Waals surface area contributed by atoms with Gasteiger partial charge in [0.25, 0.3) is 0 Å². The van der Waals surface area contributed by atoms with Crippen LogP contribution in [0.2, 0.25) is 10.0 Å². The van der Waals surface area contributed by atoms with Crippen molar-refractivity contribution in [2.24, 2.45) is 11.8 Å². The molecule has 0 saturated heterocycles. The maximum absolute atomic E-state index is 12.4. The Morgan fingerprint density at radius 2 is 1.27 bits per heavy atom. The molecule has 0 spiro atoms. The second kappa shape index (κ2) is 15.0. The van der Waals surface area contributed by atoms with E-state index in [0.717, 1.165) is 72.2 Å². The van der Waals surface area contributed by atoms with E-state index in [-0.39, 0.29) is 12.0 Å². The summed E-state index contributed by atoms with van der Waals surface area (Å²) in [6.07, 6.45) is 5.49. The lowest BCUT2D eigenvalue weighted by atomic mass is 9.96. The van der Waals surface area contributed by atoms with Crippen molar-refractivity contribution in [2.45, 2.75) is 85.2 Å². The topological polar surface area (TPSA) is 70.1 Å². The zero-order valence-corrected chi connectivity index (χ0v) is 26.0. The van der Waals surface area contributed by atoms with Gasteiger partial charge in [0.15, 0.2) is 0 Å². The predicted octanol–water partition coefficient (Wildman–Crippen LogP) is 7.66. The van der Waals surface area contributed by atoms with E-state index in [1.807, 2.05) is 48.2 Å². The van der Waals surface area contributed by atoms with Gasteiger partial charge in [-0.3, -0.25) is 0 Å². The molecule has 0 saturated carbocycles. The number of halogens is 2. The van der Waals surface area contributed by atoms with Crippen molar-refractivity contribution >= 4 is 46.5 Å². The van der Waals surface area contributed by atoms with Crippen molar-refractivity contribution in [2.75, 3.05) is 29.5 Å². The van der Waals surface area contributed by atoms with Crippen LogP contribution < -0.4 is 9.80 Å². The van der Waals surface area contributed by atoms with Crippen LogP contribution in [0.25, 0.3) is 0 Å². The third-order valence-electron chi connectivity index (χ3n) is 7.38. The maximum atomic E-state index is 12.4. The van der Waals surface area contributed by atoms with Crippen LogP contribution in [-0.4, -0.2) is 48.8 Å². The maximum Gasteiger partial charge on any atom is 0.328 e.